The summed E-state index contributed by atoms with van der Waals surface area (Å²) in [6.45, 7) is 1.93. The normalized spacial score (nSPS) is 28.3. The molecule has 0 aliphatic carbocycles. The summed E-state index contributed by atoms with van der Waals surface area (Å²) in [5.74, 6) is -0.284. The van der Waals surface area contributed by atoms with Gasteiger partial charge in [0, 0.05) is 13.1 Å². The van der Waals surface area contributed by atoms with Crippen molar-refractivity contribution >= 4 is 18.3 Å². The molecule has 1 aromatic rings. The fourth-order valence-corrected chi connectivity index (χ4v) is 2.85. The van der Waals surface area contributed by atoms with E-state index in [0.29, 0.717) is 32.7 Å². The number of halogens is 2. The van der Waals surface area contributed by atoms with Gasteiger partial charge in [0.25, 0.3) is 0 Å². The van der Waals surface area contributed by atoms with E-state index in [-0.39, 0.29) is 36.3 Å². The number of amides is 1. The lowest BCUT2D eigenvalue weighted by Gasteiger charge is -2.34. The van der Waals surface area contributed by atoms with Crippen LogP contribution in [0.3, 0.4) is 0 Å². The van der Waals surface area contributed by atoms with Gasteiger partial charge in [0.15, 0.2) is 0 Å². The summed E-state index contributed by atoms with van der Waals surface area (Å²) in [5, 5.41) is 12.5. The van der Waals surface area contributed by atoms with Gasteiger partial charge in [0.1, 0.15) is 11.9 Å². The number of ether oxygens (including phenoxy) is 1. The quantitative estimate of drug-likeness (QED) is 0.845. The average molecular weight is 331 g/mol. The summed E-state index contributed by atoms with van der Waals surface area (Å²) in [7, 11) is 0. The molecule has 3 rings (SSSR count). The number of aliphatic hydroxyl groups excluding tert-OH is 1. The summed E-state index contributed by atoms with van der Waals surface area (Å²) in [6, 6.07) is 5.85. The number of hydrogen-bond donors (Lipinski definition) is 2. The number of carbonyl (C=O) groups is 1. The zero-order valence-corrected chi connectivity index (χ0v) is 12.9. The second-order valence-electron chi connectivity index (χ2n) is 5.55. The van der Waals surface area contributed by atoms with Crippen LogP contribution in [0.2, 0.25) is 0 Å². The zero-order valence-electron chi connectivity index (χ0n) is 12.1. The number of β-amino-alcohol motifs (C(OH)–C–C–N with tert-alkyl or cyclic N) is 1. The monoisotopic (exact) mass is 330 g/mol. The Hall–Kier alpha value is -1.21. The number of nitrogens with one attached hydrogen (secondary N) is 1. The number of hydrogen-bond acceptors (Lipinski definition) is 4. The van der Waals surface area contributed by atoms with Crippen molar-refractivity contribution < 1.29 is 19.0 Å². The Morgan fingerprint density at radius 3 is 2.73 bits per heavy atom. The molecule has 1 aromatic carbocycles. The molecule has 5 nitrogen and oxygen atoms in total. The highest BCUT2D eigenvalue weighted by Crippen LogP contribution is 2.23. The van der Waals surface area contributed by atoms with Crippen molar-refractivity contribution in [3.63, 3.8) is 0 Å². The molecule has 3 atom stereocenters. The lowest BCUT2D eigenvalue weighted by molar-refractivity contribution is -0.141. The number of rotatable bonds is 2. The minimum atomic E-state index is -0.451. The number of nitrogens with zero attached hydrogens (tertiary/aromatic N) is 1. The highest BCUT2D eigenvalue weighted by molar-refractivity contribution is 5.85. The highest BCUT2D eigenvalue weighted by atomic mass is 35.5. The van der Waals surface area contributed by atoms with Crippen LogP contribution < -0.4 is 5.32 Å². The van der Waals surface area contributed by atoms with Crippen LogP contribution in [0.25, 0.3) is 0 Å². The van der Waals surface area contributed by atoms with E-state index in [1.165, 1.54) is 12.1 Å². The van der Waals surface area contributed by atoms with Gasteiger partial charge in [0.05, 0.1) is 25.3 Å². The third-order valence-corrected chi connectivity index (χ3v) is 4.03. The van der Waals surface area contributed by atoms with E-state index in [1.807, 2.05) is 0 Å². The first-order chi connectivity index (χ1) is 10.1. The van der Waals surface area contributed by atoms with E-state index in [4.69, 9.17) is 4.74 Å². The van der Waals surface area contributed by atoms with E-state index >= 15 is 0 Å². The number of aliphatic hydroxyl groups is 1. The smallest absolute Gasteiger partial charge is 0.239 e. The Balaban J connectivity index is 0.00000176. The van der Waals surface area contributed by atoms with Gasteiger partial charge in [-0.2, -0.15) is 0 Å². The molecule has 0 bridgehead atoms. The Bertz CT molecular complexity index is 514. The minimum absolute atomic E-state index is 0. The van der Waals surface area contributed by atoms with Crippen LogP contribution in [0.4, 0.5) is 4.39 Å². The maximum Gasteiger partial charge on any atom is 0.239 e. The number of morpholine rings is 1. The highest BCUT2D eigenvalue weighted by Gasteiger charge is 2.34. The van der Waals surface area contributed by atoms with Crippen LogP contribution in [0.1, 0.15) is 18.1 Å². The maximum atomic E-state index is 13.0. The lowest BCUT2D eigenvalue weighted by atomic mass is 10.1. The molecule has 0 radical (unpaired) electrons. The van der Waals surface area contributed by atoms with Crippen molar-refractivity contribution in [2.24, 2.45) is 0 Å². The van der Waals surface area contributed by atoms with E-state index in [0.717, 1.165) is 5.56 Å². The fraction of sp³-hybridized carbons (Fsp3) is 0.533. The molecule has 2 saturated heterocycles. The molecular formula is C15H20ClFN2O3. The molecule has 1 amide bonds. The first-order valence-corrected chi connectivity index (χ1v) is 7.21. The van der Waals surface area contributed by atoms with E-state index < -0.39 is 6.10 Å². The van der Waals surface area contributed by atoms with Gasteiger partial charge in [0.2, 0.25) is 5.91 Å². The van der Waals surface area contributed by atoms with E-state index in [1.54, 1.807) is 17.0 Å². The molecule has 2 N–H and O–H groups in total. The first kappa shape index (κ1) is 17.1. The predicted molar refractivity (Wildman–Crippen MR) is 81.3 cm³/mol. The third-order valence-electron chi connectivity index (χ3n) is 4.03. The lowest BCUT2D eigenvalue weighted by Crippen LogP contribution is -2.49. The van der Waals surface area contributed by atoms with Gasteiger partial charge in [-0.05, 0) is 24.1 Å². The maximum absolute atomic E-state index is 13.0. The molecule has 7 heteroatoms. The van der Waals surface area contributed by atoms with Crippen molar-refractivity contribution in [3.8, 4) is 0 Å². The Kier molecular flexibility index (Phi) is 5.74. The molecule has 0 saturated carbocycles. The van der Waals surface area contributed by atoms with Gasteiger partial charge in [-0.1, -0.05) is 12.1 Å². The van der Waals surface area contributed by atoms with Gasteiger partial charge in [-0.25, -0.2) is 4.39 Å². The minimum Gasteiger partial charge on any atom is -0.392 e. The van der Waals surface area contributed by atoms with Crippen LogP contribution in [-0.4, -0.2) is 54.3 Å². The topological polar surface area (TPSA) is 61.8 Å². The SMILES string of the molecule is Cl.O=C(C1CC(O)CN1)N1CCOC(c2ccc(F)cc2)C1. The second kappa shape index (κ2) is 7.37. The molecule has 0 spiro atoms. The Labute approximate surface area is 134 Å². The van der Waals surface area contributed by atoms with E-state index in [2.05, 4.69) is 5.32 Å². The molecule has 2 fully saturated rings. The average Bonchev–Trinajstić information content (AvgIpc) is 2.94. The molecule has 22 heavy (non-hydrogen) atoms. The molecule has 2 heterocycles. The van der Waals surface area contributed by atoms with Crippen molar-refractivity contribution in [1.29, 1.82) is 0 Å². The summed E-state index contributed by atoms with van der Waals surface area (Å²) >= 11 is 0. The van der Waals surface area contributed by atoms with Crippen molar-refractivity contribution in [1.82, 2.24) is 10.2 Å². The Morgan fingerprint density at radius 1 is 1.36 bits per heavy atom. The van der Waals surface area contributed by atoms with Gasteiger partial charge < -0.3 is 20.1 Å². The van der Waals surface area contributed by atoms with Gasteiger partial charge in [-0.15, -0.1) is 12.4 Å². The third kappa shape index (κ3) is 3.76. The summed E-state index contributed by atoms with van der Waals surface area (Å²) in [5.41, 5.74) is 0.869. The van der Waals surface area contributed by atoms with Crippen LogP contribution >= 0.6 is 12.4 Å². The molecular weight excluding hydrogens is 311 g/mol. The molecule has 2 aliphatic heterocycles. The zero-order chi connectivity index (χ0) is 14.8. The van der Waals surface area contributed by atoms with E-state index in [9.17, 15) is 14.3 Å². The second-order valence-corrected chi connectivity index (χ2v) is 5.55. The molecule has 3 unspecified atom stereocenters. The number of benzene rings is 1. The van der Waals surface area contributed by atoms with Crippen LogP contribution in [0.15, 0.2) is 24.3 Å². The molecule has 0 aromatic heterocycles. The standard InChI is InChI=1S/C15H19FN2O3.ClH/c16-11-3-1-10(2-4-11)14-9-18(5-6-21-14)15(20)13-7-12(19)8-17-13;/h1-4,12-14,17,19H,5-9H2;1H. The van der Waals surface area contributed by atoms with Crippen LogP contribution in [0.5, 0.6) is 0 Å². The summed E-state index contributed by atoms with van der Waals surface area (Å²) in [4.78, 5) is 14.2. The molecule has 2 aliphatic rings. The van der Waals surface area contributed by atoms with Crippen LogP contribution in [-0.2, 0) is 9.53 Å². The summed E-state index contributed by atoms with van der Waals surface area (Å²) in [6.07, 6.45) is -0.222. The molecule has 122 valence electrons. The van der Waals surface area contributed by atoms with Gasteiger partial charge >= 0.3 is 0 Å². The van der Waals surface area contributed by atoms with Gasteiger partial charge in [-0.3, -0.25) is 4.79 Å². The van der Waals surface area contributed by atoms with Crippen molar-refractivity contribution in [2.45, 2.75) is 24.7 Å². The fourth-order valence-electron chi connectivity index (χ4n) is 2.85. The number of carbonyl (C=O) groups excluding carboxylic acids is 1. The largest absolute Gasteiger partial charge is 0.392 e. The Morgan fingerprint density at radius 2 is 2.09 bits per heavy atom. The predicted octanol–water partition coefficient (Wildman–Crippen LogP) is 0.870. The first-order valence-electron chi connectivity index (χ1n) is 7.21. The van der Waals surface area contributed by atoms with Crippen molar-refractivity contribution in [2.75, 3.05) is 26.2 Å². The van der Waals surface area contributed by atoms with Crippen LogP contribution in [0, 0.1) is 5.82 Å². The van der Waals surface area contributed by atoms with Crippen molar-refractivity contribution in [3.05, 3.63) is 35.6 Å². The summed E-state index contributed by atoms with van der Waals surface area (Å²) < 4.78 is 18.6.